The molecule has 1 fully saturated rings. The van der Waals surface area contributed by atoms with Crippen molar-refractivity contribution in [1.82, 2.24) is 15.5 Å². The molecule has 9 heteroatoms. The van der Waals surface area contributed by atoms with Gasteiger partial charge in [-0.1, -0.05) is 13.3 Å². The molecule has 0 aromatic heterocycles. The van der Waals surface area contributed by atoms with E-state index < -0.39 is 12.0 Å². The number of anilines is 1. The maximum absolute atomic E-state index is 12.5. The molecular weight excluding hydrogens is 400 g/mol. The number of hydrogen-bond acceptors (Lipinski definition) is 6. The highest BCUT2D eigenvalue weighted by molar-refractivity contribution is 5.96. The Morgan fingerprint density at radius 1 is 1.23 bits per heavy atom. The molecule has 1 aromatic carbocycles. The van der Waals surface area contributed by atoms with Gasteiger partial charge in [-0.2, -0.15) is 0 Å². The van der Waals surface area contributed by atoms with Crippen LogP contribution in [0.25, 0.3) is 0 Å². The van der Waals surface area contributed by atoms with Crippen LogP contribution in [0, 0.1) is 0 Å². The lowest BCUT2D eigenvalue weighted by atomic mass is 10.1. The molecule has 1 heterocycles. The number of nitrogens with zero attached hydrogens (tertiary/aromatic N) is 1. The van der Waals surface area contributed by atoms with Gasteiger partial charge in [-0.3, -0.25) is 24.1 Å². The van der Waals surface area contributed by atoms with Crippen molar-refractivity contribution in [3.05, 3.63) is 29.8 Å². The van der Waals surface area contributed by atoms with Gasteiger partial charge in [0.2, 0.25) is 11.8 Å². The van der Waals surface area contributed by atoms with Gasteiger partial charge in [0, 0.05) is 30.4 Å². The van der Waals surface area contributed by atoms with Crippen molar-refractivity contribution >= 4 is 29.4 Å². The summed E-state index contributed by atoms with van der Waals surface area (Å²) in [5, 5.41) is 8.30. The third kappa shape index (κ3) is 8.01. The number of hydrogen-bond donors (Lipinski definition) is 3. The number of carbonyl (C=O) groups excluding carboxylic acids is 4. The Balaban J connectivity index is 1.92. The molecule has 9 nitrogen and oxygen atoms in total. The third-order valence-electron chi connectivity index (χ3n) is 4.76. The Morgan fingerprint density at radius 3 is 2.58 bits per heavy atom. The topological polar surface area (TPSA) is 117 Å². The Labute approximate surface area is 182 Å². The van der Waals surface area contributed by atoms with Crippen molar-refractivity contribution in [3.63, 3.8) is 0 Å². The lowest BCUT2D eigenvalue weighted by Crippen LogP contribution is -2.57. The van der Waals surface area contributed by atoms with Gasteiger partial charge < -0.3 is 20.7 Å². The van der Waals surface area contributed by atoms with E-state index in [1.165, 1.54) is 0 Å². The summed E-state index contributed by atoms with van der Waals surface area (Å²) in [6.45, 7) is 6.92. The molecule has 1 aliphatic heterocycles. The fourth-order valence-electron chi connectivity index (χ4n) is 3.16. The maximum Gasteiger partial charge on any atom is 0.307 e. The molecule has 3 N–H and O–H groups in total. The highest BCUT2D eigenvalue weighted by Crippen LogP contribution is 2.13. The summed E-state index contributed by atoms with van der Waals surface area (Å²) in [7, 11) is 0. The second-order valence-electron chi connectivity index (χ2n) is 7.81. The molecule has 0 bridgehead atoms. The average Bonchev–Trinajstić information content (AvgIpc) is 2.71. The molecule has 1 aromatic rings. The highest BCUT2D eigenvalue weighted by Gasteiger charge is 2.33. The first-order valence-corrected chi connectivity index (χ1v) is 10.7. The number of piperazine rings is 1. The van der Waals surface area contributed by atoms with Crippen LogP contribution in [0.4, 0.5) is 5.69 Å². The average molecular weight is 433 g/mol. The van der Waals surface area contributed by atoms with E-state index in [1.54, 1.807) is 29.2 Å². The van der Waals surface area contributed by atoms with Crippen molar-refractivity contribution in [2.75, 3.05) is 31.6 Å². The van der Waals surface area contributed by atoms with E-state index in [0.717, 1.165) is 12.8 Å². The number of ether oxygens (including phenoxy) is 1. The van der Waals surface area contributed by atoms with Crippen LogP contribution in [0.5, 0.6) is 0 Å². The van der Waals surface area contributed by atoms with Crippen LogP contribution in [-0.4, -0.2) is 66.9 Å². The summed E-state index contributed by atoms with van der Waals surface area (Å²) in [4.78, 5) is 50.5. The fraction of sp³-hybridized carbons (Fsp3) is 0.545. The van der Waals surface area contributed by atoms with E-state index >= 15 is 0 Å². The number of amides is 3. The van der Waals surface area contributed by atoms with Crippen molar-refractivity contribution in [2.45, 2.75) is 52.1 Å². The molecule has 1 saturated heterocycles. The zero-order chi connectivity index (χ0) is 22.8. The van der Waals surface area contributed by atoms with Crippen molar-refractivity contribution in [2.24, 2.45) is 0 Å². The van der Waals surface area contributed by atoms with Crippen LogP contribution in [0.1, 0.15) is 50.4 Å². The van der Waals surface area contributed by atoms with Gasteiger partial charge in [0.05, 0.1) is 19.6 Å². The number of carbonyl (C=O) groups is 4. The van der Waals surface area contributed by atoms with Crippen LogP contribution in [0.2, 0.25) is 0 Å². The van der Waals surface area contributed by atoms with Crippen molar-refractivity contribution in [1.29, 1.82) is 0 Å². The molecule has 3 amide bonds. The molecule has 1 atom stereocenters. The zero-order valence-electron chi connectivity index (χ0n) is 18.4. The van der Waals surface area contributed by atoms with E-state index in [0.29, 0.717) is 30.9 Å². The van der Waals surface area contributed by atoms with E-state index in [1.807, 2.05) is 20.8 Å². The van der Waals surface area contributed by atoms with Crippen molar-refractivity contribution < 1.29 is 23.9 Å². The fourth-order valence-corrected chi connectivity index (χ4v) is 3.16. The molecule has 0 spiro atoms. The van der Waals surface area contributed by atoms with Crippen molar-refractivity contribution in [3.8, 4) is 0 Å². The zero-order valence-corrected chi connectivity index (χ0v) is 18.4. The van der Waals surface area contributed by atoms with Crippen LogP contribution < -0.4 is 16.0 Å². The van der Waals surface area contributed by atoms with Gasteiger partial charge in [-0.15, -0.1) is 0 Å². The van der Waals surface area contributed by atoms with Crippen LogP contribution in [0.3, 0.4) is 0 Å². The van der Waals surface area contributed by atoms with Gasteiger partial charge in [-0.05, 0) is 44.5 Å². The van der Waals surface area contributed by atoms with Gasteiger partial charge in [0.25, 0.3) is 5.91 Å². The molecule has 1 unspecified atom stereocenters. The summed E-state index contributed by atoms with van der Waals surface area (Å²) in [6, 6.07) is 5.87. The van der Waals surface area contributed by atoms with Gasteiger partial charge >= 0.3 is 5.97 Å². The predicted molar refractivity (Wildman–Crippen MR) is 117 cm³/mol. The Kier molecular flexibility index (Phi) is 9.45. The second-order valence-corrected chi connectivity index (χ2v) is 7.81. The van der Waals surface area contributed by atoms with Gasteiger partial charge in [0.15, 0.2) is 0 Å². The number of benzene rings is 1. The normalized spacial score (nSPS) is 16.5. The number of nitrogens with one attached hydrogen (secondary N) is 3. The third-order valence-corrected chi connectivity index (χ3v) is 4.76. The van der Waals surface area contributed by atoms with Gasteiger partial charge in [0.1, 0.15) is 6.04 Å². The van der Waals surface area contributed by atoms with Crippen LogP contribution in [-0.2, 0) is 19.1 Å². The van der Waals surface area contributed by atoms with E-state index in [-0.39, 0.29) is 36.7 Å². The summed E-state index contributed by atoms with van der Waals surface area (Å²) < 4.78 is 5.16. The first-order valence-electron chi connectivity index (χ1n) is 10.7. The summed E-state index contributed by atoms with van der Waals surface area (Å²) in [6.07, 6.45) is 1.59. The SMILES string of the molecule is CCCCOC(=O)CC1C(=O)NCCN1CC(=O)Nc1ccc(C(=O)NC(C)C)cc1. The lowest BCUT2D eigenvalue weighted by molar-refractivity contribution is -0.149. The molecule has 170 valence electrons. The minimum Gasteiger partial charge on any atom is -0.466 e. The first kappa shape index (κ1) is 24.3. The molecule has 0 radical (unpaired) electrons. The Morgan fingerprint density at radius 2 is 1.94 bits per heavy atom. The molecule has 0 saturated carbocycles. The largest absolute Gasteiger partial charge is 0.466 e. The Hall–Kier alpha value is -2.94. The number of rotatable bonds is 10. The van der Waals surface area contributed by atoms with Gasteiger partial charge in [-0.25, -0.2) is 0 Å². The minimum absolute atomic E-state index is 0.0318. The number of unbranched alkanes of at least 4 members (excludes halogenated alkanes) is 1. The Bertz CT molecular complexity index is 779. The second kappa shape index (κ2) is 12.0. The summed E-state index contributed by atoms with van der Waals surface area (Å²) in [5.41, 5.74) is 1.05. The minimum atomic E-state index is -0.740. The molecular formula is C22H32N4O5. The number of esters is 1. The maximum atomic E-state index is 12.5. The summed E-state index contributed by atoms with van der Waals surface area (Å²) >= 11 is 0. The molecule has 1 aliphatic rings. The van der Waals surface area contributed by atoms with Crippen LogP contribution >= 0.6 is 0 Å². The highest BCUT2D eigenvalue weighted by atomic mass is 16.5. The molecule has 31 heavy (non-hydrogen) atoms. The van der Waals surface area contributed by atoms with Crippen LogP contribution in [0.15, 0.2) is 24.3 Å². The monoisotopic (exact) mass is 432 g/mol. The van der Waals surface area contributed by atoms with E-state index in [4.69, 9.17) is 4.74 Å². The summed E-state index contributed by atoms with van der Waals surface area (Å²) in [5.74, 6) is -1.22. The molecule has 0 aliphatic carbocycles. The lowest BCUT2D eigenvalue weighted by Gasteiger charge is -2.33. The smallest absolute Gasteiger partial charge is 0.307 e. The first-order chi connectivity index (χ1) is 14.8. The quantitative estimate of drug-likeness (QED) is 0.379. The standard InChI is InChI=1S/C22H32N4O5/c1-4-5-12-31-20(28)13-18-22(30)23-10-11-26(18)14-19(27)25-17-8-6-16(7-9-17)21(29)24-15(2)3/h6-9,15,18H,4-5,10-14H2,1-3H3,(H,23,30)(H,24,29)(H,25,27). The molecule has 2 rings (SSSR count). The van der Waals surface area contributed by atoms with E-state index in [9.17, 15) is 19.2 Å². The van der Waals surface area contributed by atoms with E-state index in [2.05, 4.69) is 16.0 Å². The predicted octanol–water partition coefficient (Wildman–Crippen LogP) is 1.30.